The van der Waals surface area contributed by atoms with Crippen LogP contribution in [-0.2, 0) is 0 Å². The van der Waals surface area contributed by atoms with Gasteiger partial charge in [-0.15, -0.1) is 11.3 Å². The Bertz CT molecular complexity index is 1060. The van der Waals surface area contributed by atoms with Crippen LogP contribution in [0.4, 0.5) is 8.78 Å². The van der Waals surface area contributed by atoms with E-state index < -0.39 is 5.82 Å². The summed E-state index contributed by atoms with van der Waals surface area (Å²) in [7, 11) is 0. The first-order valence-corrected chi connectivity index (χ1v) is 10.5. The molecule has 0 spiro atoms. The maximum absolute atomic E-state index is 13.9. The lowest BCUT2D eigenvalue weighted by atomic mass is 10.0. The third kappa shape index (κ3) is 4.41. The molecule has 1 fully saturated rings. The second-order valence-electron chi connectivity index (χ2n) is 7.19. The van der Waals surface area contributed by atoms with Gasteiger partial charge < -0.3 is 10.2 Å². The summed E-state index contributed by atoms with van der Waals surface area (Å²) in [5, 5.41) is 3.02. The van der Waals surface area contributed by atoms with Crippen LogP contribution in [0.15, 0.2) is 60.7 Å². The number of rotatable bonds is 4. The van der Waals surface area contributed by atoms with E-state index in [9.17, 15) is 18.4 Å². The predicted molar refractivity (Wildman–Crippen MR) is 113 cm³/mol. The average molecular weight is 426 g/mol. The number of piperidine rings is 1. The number of halogens is 2. The topological polar surface area (TPSA) is 49.4 Å². The van der Waals surface area contributed by atoms with Crippen LogP contribution >= 0.6 is 11.3 Å². The Morgan fingerprint density at radius 1 is 0.933 bits per heavy atom. The van der Waals surface area contributed by atoms with Crippen molar-refractivity contribution in [3.63, 3.8) is 0 Å². The van der Waals surface area contributed by atoms with E-state index in [4.69, 9.17) is 0 Å². The summed E-state index contributed by atoms with van der Waals surface area (Å²) in [6.45, 7) is 0.923. The molecule has 4 rings (SSSR count). The highest BCUT2D eigenvalue weighted by Crippen LogP contribution is 2.28. The summed E-state index contributed by atoms with van der Waals surface area (Å²) in [6.07, 6.45) is 1.23. The maximum atomic E-state index is 13.9. The summed E-state index contributed by atoms with van der Waals surface area (Å²) >= 11 is 1.35. The van der Waals surface area contributed by atoms with Crippen LogP contribution in [0.2, 0.25) is 0 Å². The number of benzene rings is 2. The van der Waals surface area contributed by atoms with Gasteiger partial charge in [0.2, 0.25) is 0 Å². The van der Waals surface area contributed by atoms with Gasteiger partial charge in [-0.25, -0.2) is 8.78 Å². The van der Waals surface area contributed by atoms with Gasteiger partial charge >= 0.3 is 0 Å². The van der Waals surface area contributed by atoms with Crippen LogP contribution in [0, 0.1) is 11.6 Å². The zero-order chi connectivity index (χ0) is 21.1. The second kappa shape index (κ2) is 8.75. The molecule has 2 amide bonds. The SMILES string of the molecule is O=C(NC1CCN(C(=O)c2ccccc2F)CC1)c1ccc(-c2ccc(F)cc2)s1. The Kier molecular flexibility index (Phi) is 5.90. The van der Waals surface area contributed by atoms with Crippen molar-refractivity contribution in [1.82, 2.24) is 10.2 Å². The van der Waals surface area contributed by atoms with Gasteiger partial charge in [-0.2, -0.15) is 0 Å². The summed E-state index contributed by atoms with van der Waals surface area (Å²) in [5.41, 5.74) is 0.937. The van der Waals surface area contributed by atoms with Gasteiger partial charge in [-0.05, 0) is 54.8 Å². The largest absolute Gasteiger partial charge is 0.348 e. The Morgan fingerprint density at radius 3 is 2.33 bits per heavy atom. The number of hydrogen-bond donors (Lipinski definition) is 1. The number of thiophene rings is 1. The van der Waals surface area contributed by atoms with Crippen LogP contribution in [0.3, 0.4) is 0 Å². The summed E-state index contributed by atoms with van der Waals surface area (Å²) < 4.78 is 26.9. The normalized spacial score (nSPS) is 14.5. The first kappa shape index (κ1) is 20.2. The highest BCUT2D eigenvalue weighted by Gasteiger charge is 2.26. The monoisotopic (exact) mass is 426 g/mol. The van der Waals surface area contributed by atoms with Gasteiger partial charge in [-0.1, -0.05) is 24.3 Å². The number of likely N-dealkylation sites (tertiary alicyclic amines) is 1. The van der Waals surface area contributed by atoms with E-state index in [-0.39, 0.29) is 29.2 Å². The zero-order valence-corrected chi connectivity index (χ0v) is 16.9. The molecule has 2 heterocycles. The van der Waals surface area contributed by atoms with Crippen molar-refractivity contribution in [2.24, 2.45) is 0 Å². The first-order valence-electron chi connectivity index (χ1n) is 9.72. The Labute approximate surface area is 177 Å². The molecule has 4 nitrogen and oxygen atoms in total. The molecule has 0 unspecified atom stereocenters. The minimum Gasteiger partial charge on any atom is -0.348 e. The summed E-state index contributed by atoms with van der Waals surface area (Å²) in [4.78, 5) is 28.2. The van der Waals surface area contributed by atoms with Crippen molar-refractivity contribution >= 4 is 23.2 Å². The summed E-state index contributed by atoms with van der Waals surface area (Å²) in [5.74, 6) is -1.30. The Hall–Kier alpha value is -3.06. The molecule has 1 aliphatic rings. The van der Waals surface area contributed by atoms with Gasteiger partial charge in [0.1, 0.15) is 11.6 Å². The van der Waals surface area contributed by atoms with Gasteiger partial charge in [0.15, 0.2) is 0 Å². The van der Waals surface area contributed by atoms with Crippen molar-refractivity contribution in [3.05, 3.63) is 82.7 Å². The molecule has 1 saturated heterocycles. The minimum atomic E-state index is -0.521. The van der Waals surface area contributed by atoms with Crippen molar-refractivity contribution in [1.29, 1.82) is 0 Å². The maximum Gasteiger partial charge on any atom is 0.261 e. The first-order chi connectivity index (χ1) is 14.5. The average Bonchev–Trinajstić information content (AvgIpc) is 3.25. The molecule has 3 aromatic rings. The predicted octanol–water partition coefficient (Wildman–Crippen LogP) is 4.73. The van der Waals surface area contributed by atoms with Crippen molar-refractivity contribution < 1.29 is 18.4 Å². The van der Waals surface area contributed by atoms with Gasteiger partial charge in [0.05, 0.1) is 10.4 Å². The number of amides is 2. The fourth-order valence-electron chi connectivity index (χ4n) is 3.52. The molecule has 0 radical (unpaired) electrons. The second-order valence-corrected chi connectivity index (χ2v) is 8.27. The number of nitrogens with one attached hydrogen (secondary N) is 1. The van der Waals surface area contributed by atoms with Crippen molar-refractivity contribution in [2.45, 2.75) is 18.9 Å². The third-order valence-corrected chi connectivity index (χ3v) is 6.31. The van der Waals surface area contributed by atoms with Crippen molar-refractivity contribution in [3.8, 4) is 10.4 Å². The molecule has 1 aromatic heterocycles. The molecule has 0 bridgehead atoms. The fraction of sp³-hybridized carbons (Fsp3) is 0.217. The van der Waals surface area contributed by atoms with Gasteiger partial charge in [-0.3, -0.25) is 9.59 Å². The van der Waals surface area contributed by atoms with Gasteiger partial charge in [0.25, 0.3) is 11.8 Å². The van der Waals surface area contributed by atoms with E-state index in [0.717, 1.165) is 10.4 Å². The lowest BCUT2D eigenvalue weighted by Gasteiger charge is -2.32. The standard InChI is InChI=1S/C23H20F2N2O2S/c24-16-7-5-15(6-8-16)20-9-10-21(30-20)22(28)26-17-11-13-27(14-12-17)23(29)18-3-1-2-4-19(18)25/h1-10,17H,11-14H2,(H,26,28). The van der Waals surface area contributed by atoms with E-state index in [1.807, 2.05) is 6.07 Å². The quantitative estimate of drug-likeness (QED) is 0.656. The highest BCUT2D eigenvalue weighted by atomic mass is 32.1. The molecule has 30 heavy (non-hydrogen) atoms. The number of hydrogen-bond acceptors (Lipinski definition) is 3. The third-order valence-electron chi connectivity index (χ3n) is 5.18. The van der Waals surface area contributed by atoms with E-state index in [2.05, 4.69) is 5.32 Å². The number of carbonyl (C=O) groups is 2. The molecule has 2 aromatic carbocycles. The van der Waals surface area contributed by atoms with E-state index >= 15 is 0 Å². The smallest absolute Gasteiger partial charge is 0.261 e. The fourth-order valence-corrected chi connectivity index (χ4v) is 4.43. The Balaban J connectivity index is 1.33. The van der Waals surface area contributed by atoms with Crippen LogP contribution in [0.5, 0.6) is 0 Å². The van der Waals surface area contributed by atoms with Crippen LogP contribution < -0.4 is 5.32 Å². The molecule has 0 atom stereocenters. The molecular weight excluding hydrogens is 406 g/mol. The molecule has 1 N–H and O–H groups in total. The number of carbonyl (C=O) groups excluding carboxylic acids is 2. The Morgan fingerprint density at radius 2 is 1.63 bits per heavy atom. The van der Waals surface area contributed by atoms with Gasteiger partial charge in [0, 0.05) is 24.0 Å². The minimum absolute atomic E-state index is 0.0430. The van der Waals surface area contributed by atoms with E-state index in [1.165, 1.54) is 35.6 Å². The van der Waals surface area contributed by atoms with Crippen molar-refractivity contribution in [2.75, 3.05) is 13.1 Å². The number of nitrogens with zero attached hydrogens (tertiary/aromatic N) is 1. The lowest BCUT2D eigenvalue weighted by molar-refractivity contribution is 0.0694. The molecule has 0 aliphatic carbocycles. The van der Waals surface area contributed by atoms with E-state index in [1.54, 1.807) is 35.2 Å². The summed E-state index contributed by atoms with van der Waals surface area (Å²) in [6, 6.07) is 15.7. The van der Waals surface area contributed by atoms with Crippen LogP contribution in [0.1, 0.15) is 32.9 Å². The molecule has 0 saturated carbocycles. The van der Waals surface area contributed by atoms with E-state index in [0.29, 0.717) is 30.8 Å². The molecule has 7 heteroatoms. The molecule has 1 aliphatic heterocycles. The zero-order valence-electron chi connectivity index (χ0n) is 16.1. The highest BCUT2D eigenvalue weighted by molar-refractivity contribution is 7.17. The molecule has 154 valence electrons. The van der Waals surface area contributed by atoms with Crippen LogP contribution in [-0.4, -0.2) is 35.8 Å². The lowest BCUT2D eigenvalue weighted by Crippen LogP contribution is -2.46. The van der Waals surface area contributed by atoms with Crippen LogP contribution in [0.25, 0.3) is 10.4 Å². The molecular formula is C23H20F2N2O2S.